The lowest BCUT2D eigenvalue weighted by molar-refractivity contribution is 0.104. The van der Waals surface area contributed by atoms with Crippen LogP contribution >= 0.6 is 23.2 Å². The highest BCUT2D eigenvalue weighted by atomic mass is 35.5. The minimum absolute atomic E-state index is 0.223. The number of carbonyl (C=O) groups excluding carboxylic acids is 1. The first-order valence-corrected chi connectivity index (χ1v) is 4.61. The van der Waals surface area contributed by atoms with Gasteiger partial charge in [0.05, 0.1) is 6.57 Å². The number of aryl methyl sites for hydroxylation is 1. The third-order valence-electron chi connectivity index (χ3n) is 1.93. The van der Waals surface area contributed by atoms with Gasteiger partial charge in [-0.3, -0.25) is 0 Å². The van der Waals surface area contributed by atoms with Gasteiger partial charge in [-0.25, -0.2) is 0 Å². The van der Waals surface area contributed by atoms with Gasteiger partial charge in [0.1, 0.15) is 0 Å². The van der Waals surface area contributed by atoms with E-state index < -0.39 is 5.91 Å². The van der Waals surface area contributed by atoms with E-state index in [4.69, 9.17) is 29.8 Å². The summed E-state index contributed by atoms with van der Waals surface area (Å²) in [7, 11) is 0. The monoisotopic (exact) mass is 227 g/mol. The van der Waals surface area contributed by atoms with Gasteiger partial charge in [0.25, 0.3) is 0 Å². The topological polar surface area (TPSA) is 21.4 Å². The number of hydrogen-bond acceptors (Lipinski definition) is 1. The Morgan fingerprint density at radius 3 is 2.43 bits per heavy atom. The van der Waals surface area contributed by atoms with Crippen LogP contribution in [0.15, 0.2) is 6.07 Å². The molecule has 0 aliphatic heterocycles. The largest absolute Gasteiger partial charge is 0.387 e. The molecule has 0 heterocycles. The van der Waals surface area contributed by atoms with Crippen LogP contribution in [-0.2, 0) is 0 Å². The van der Waals surface area contributed by atoms with Gasteiger partial charge in [0, 0.05) is 15.6 Å². The molecular weight excluding hydrogens is 221 g/mol. The van der Waals surface area contributed by atoms with Crippen LogP contribution in [0.2, 0.25) is 10.0 Å². The maximum Gasteiger partial charge on any atom is 0.387 e. The van der Waals surface area contributed by atoms with Crippen molar-refractivity contribution < 1.29 is 4.79 Å². The molecule has 0 aromatic heterocycles. The molecule has 2 nitrogen and oxygen atoms in total. The van der Waals surface area contributed by atoms with Crippen LogP contribution in [0, 0.1) is 20.4 Å². The first-order chi connectivity index (χ1) is 6.49. The Balaban J connectivity index is 3.50. The van der Waals surface area contributed by atoms with Crippen molar-refractivity contribution in [2.45, 2.75) is 13.8 Å². The summed E-state index contributed by atoms with van der Waals surface area (Å²) >= 11 is 11.8. The van der Waals surface area contributed by atoms with Crippen LogP contribution in [-0.4, -0.2) is 5.91 Å². The molecule has 0 radical (unpaired) electrons. The number of hydrogen-bond donors (Lipinski definition) is 0. The summed E-state index contributed by atoms with van der Waals surface area (Å²) in [6.45, 7) is 10.1. The minimum Gasteiger partial charge on any atom is -0.310 e. The molecule has 72 valence electrons. The lowest BCUT2D eigenvalue weighted by Gasteiger charge is -2.07. The third-order valence-corrected chi connectivity index (χ3v) is 3.00. The standard InChI is InChI=1S/C10H7Cl2NO/c1-5-4-7(10(14)13-3)9(12)6(2)8(5)11/h4H,1-2H3. The molecule has 0 saturated heterocycles. The maximum absolute atomic E-state index is 11.2. The molecule has 0 bridgehead atoms. The summed E-state index contributed by atoms with van der Waals surface area (Å²) < 4.78 is 0. The fraction of sp³-hybridized carbons (Fsp3) is 0.200. The molecule has 1 amide bonds. The number of halogens is 2. The lowest BCUT2D eigenvalue weighted by atomic mass is 10.1. The molecule has 4 heteroatoms. The molecule has 1 aromatic rings. The van der Waals surface area contributed by atoms with Crippen molar-refractivity contribution in [3.05, 3.63) is 44.2 Å². The van der Waals surface area contributed by atoms with Gasteiger partial charge in [-0.15, -0.1) is 0 Å². The Morgan fingerprint density at radius 1 is 1.36 bits per heavy atom. The first kappa shape index (κ1) is 11.0. The summed E-state index contributed by atoms with van der Waals surface area (Å²) in [5.74, 6) is -0.655. The molecule has 0 aliphatic rings. The second-order valence-corrected chi connectivity index (χ2v) is 3.67. The minimum atomic E-state index is -0.655. The van der Waals surface area contributed by atoms with Crippen molar-refractivity contribution in [3.8, 4) is 0 Å². The van der Waals surface area contributed by atoms with Gasteiger partial charge < -0.3 is 4.79 Å². The summed E-state index contributed by atoms with van der Waals surface area (Å²) in [6.07, 6.45) is 0. The molecule has 0 N–H and O–H groups in total. The Bertz CT molecular complexity index is 446. The second-order valence-electron chi connectivity index (χ2n) is 2.91. The smallest absolute Gasteiger partial charge is 0.310 e. The zero-order valence-electron chi connectivity index (χ0n) is 7.69. The van der Waals surface area contributed by atoms with Crippen LogP contribution in [0.4, 0.5) is 0 Å². The van der Waals surface area contributed by atoms with Crippen molar-refractivity contribution in [1.29, 1.82) is 0 Å². The molecule has 0 fully saturated rings. The highest BCUT2D eigenvalue weighted by Crippen LogP contribution is 2.30. The fourth-order valence-electron chi connectivity index (χ4n) is 1.15. The van der Waals surface area contributed by atoms with Crippen molar-refractivity contribution in [2.24, 2.45) is 0 Å². The quantitative estimate of drug-likeness (QED) is 0.672. The normalized spacial score (nSPS) is 9.64. The van der Waals surface area contributed by atoms with E-state index >= 15 is 0 Å². The predicted molar refractivity (Wildman–Crippen MR) is 56.9 cm³/mol. The van der Waals surface area contributed by atoms with Gasteiger partial charge in [-0.2, -0.15) is 4.85 Å². The van der Waals surface area contributed by atoms with E-state index in [1.807, 2.05) is 0 Å². The van der Waals surface area contributed by atoms with E-state index in [-0.39, 0.29) is 10.6 Å². The lowest BCUT2D eigenvalue weighted by Crippen LogP contribution is -1.97. The molecular formula is C10H7Cl2NO. The zero-order chi connectivity index (χ0) is 10.9. The van der Waals surface area contributed by atoms with Crippen LogP contribution in [0.25, 0.3) is 4.85 Å². The van der Waals surface area contributed by atoms with E-state index in [1.54, 1.807) is 13.8 Å². The molecule has 0 atom stereocenters. The first-order valence-electron chi connectivity index (χ1n) is 3.86. The summed E-state index contributed by atoms with van der Waals surface area (Å²) in [6, 6.07) is 1.54. The Hall–Kier alpha value is -1.04. The highest BCUT2D eigenvalue weighted by Gasteiger charge is 2.15. The highest BCUT2D eigenvalue weighted by molar-refractivity contribution is 6.38. The van der Waals surface area contributed by atoms with Gasteiger partial charge in [0.15, 0.2) is 0 Å². The van der Waals surface area contributed by atoms with E-state index in [1.165, 1.54) is 6.07 Å². The average Bonchev–Trinajstić information content (AvgIpc) is 2.19. The van der Waals surface area contributed by atoms with Crippen LogP contribution < -0.4 is 0 Å². The average molecular weight is 228 g/mol. The molecule has 0 saturated carbocycles. The third kappa shape index (κ3) is 1.75. The van der Waals surface area contributed by atoms with Crippen molar-refractivity contribution in [2.75, 3.05) is 0 Å². The summed E-state index contributed by atoms with van der Waals surface area (Å²) in [5.41, 5.74) is 1.61. The maximum atomic E-state index is 11.2. The van der Waals surface area contributed by atoms with Gasteiger partial charge >= 0.3 is 5.91 Å². The molecule has 0 unspecified atom stereocenters. The molecule has 1 aromatic carbocycles. The van der Waals surface area contributed by atoms with Crippen molar-refractivity contribution >= 4 is 29.1 Å². The Labute approximate surface area is 92.3 Å². The van der Waals surface area contributed by atoms with Crippen molar-refractivity contribution in [1.82, 2.24) is 0 Å². The van der Waals surface area contributed by atoms with Gasteiger partial charge in [-0.1, -0.05) is 29.3 Å². The Morgan fingerprint density at radius 2 is 1.93 bits per heavy atom. The van der Waals surface area contributed by atoms with Gasteiger partial charge in [0.2, 0.25) is 0 Å². The predicted octanol–water partition coefficient (Wildman–Crippen LogP) is 3.67. The molecule has 1 rings (SSSR count). The second kappa shape index (κ2) is 4.00. The SMILES string of the molecule is [C-]#[N+]C(=O)c1cc(C)c(Cl)c(C)c1Cl. The zero-order valence-corrected chi connectivity index (χ0v) is 9.20. The van der Waals surface area contributed by atoms with E-state index in [0.29, 0.717) is 10.6 Å². The summed E-state index contributed by atoms with van der Waals surface area (Å²) in [5, 5.41) is 0.804. The number of benzene rings is 1. The van der Waals surface area contributed by atoms with Crippen LogP contribution in [0.1, 0.15) is 21.5 Å². The number of carbonyl (C=O) groups is 1. The number of rotatable bonds is 1. The van der Waals surface area contributed by atoms with Crippen molar-refractivity contribution in [3.63, 3.8) is 0 Å². The Kier molecular flexibility index (Phi) is 3.15. The van der Waals surface area contributed by atoms with E-state index in [0.717, 1.165) is 5.56 Å². The molecule has 0 aliphatic carbocycles. The fourth-order valence-corrected chi connectivity index (χ4v) is 1.58. The van der Waals surface area contributed by atoms with Gasteiger partial charge in [-0.05, 0) is 25.0 Å². The van der Waals surface area contributed by atoms with E-state index in [2.05, 4.69) is 4.85 Å². The molecule has 0 spiro atoms. The molecule has 14 heavy (non-hydrogen) atoms. The number of amides is 1. The summed E-state index contributed by atoms with van der Waals surface area (Å²) in [4.78, 5) is 14.0. The van der Waals surface area contributed by atoms with Crippen LogP contribution in [0.5, 0.6) is 0 Å². The van der Waals surface area contributed by atoms with Crippen LogP contribution in [0.3, 0.4) is 0 Å². The number of nitrogens with zero attached hydrogens (tertiary/aromatic N) is 1. The van der Waals surface area contributed by atoms with E-state index in [9.17, 15) is 4.79 Å².